The van der Waals surface area contributed by atoms with Crippen LogP contribution in [0.25, 0.3) is 11.1 Å². The van der Waals surface area contributed by atoms with E-state index in [1.54, 1.807) is 0 Å². The van der Waals surface area contributed by atoms with Crippen molar-refractivity contribution >= 4 is 29.7 Å². The number of alkyl carbamates (subject to hydrolysis) is 1. The molecule has 33 heavy (non-hydrogen) atoms. The zero-order chi connectivity index (χ0) is 23.4. The van der Waals surface area contributed by atoms with Crippen molar-refractivity contribution in [2.45, 2.75) is 18.0 Å². The van der Waals surface area contributed by atoms with Crippen molar-refractivity contribution < 1.29 is 29.0 Å². The molecule has 1 aliphatic carbocycles. The Labute approximate surface area is 196 Å². The van der Waals surface area contributed by atoms with E-state index in [0.29, 0.717) is 18.1 Å². The van der Waals surface area contributed by atoms with E-state index >= 15 is 0 Å². The highest BCUT2D eigenvalue weighted by atomic mass is 32.2. The van der Waals surface area contributed by atoms with Crippen LogP contribution in [0.15, 0.2) is 48.5 Å². The number of rotatable bonds is 7. The molecule has 0 saturated carbocycles. The van der Waals surface area contributed by atoms with Gasteiger partial charge in [-0.05, 0) is 22.3 Å². The van der Waals surface area contributed by atoms with Crippen LogP contribution in [-0.4, -0.2) is 78.4 Å². The summed E-state index contributed by atoms with van der Waals surface area (Å²) in [6, 6.07) is 14.1. The van der Waals surface area contributed by atoms with Gasteiger partial charge in [0.25, 0.3) is 0 Å². The average Bonchev–Trinajstić information content (AvgIpc) is 3.15. The third-order valence-electron chi connectivity index (χ3n) is 5.96. The van der Waals surface area contributed by atoms with Gasteiger partial charge in [-0.1, -0.05) is 48.5 Å². The predicted octanol–water partition coefficient (Wildman–Crippen LogP) is 2.57. The first kappa shape index (κ1) is 23.1. The lowest BCUT2D eigenvalue weighted by Crippen LogP contribution is -2.58. The quantitative estimate of drug-likeness (QED) is 0.641. The third kappa shape index (κ3) is 4.84. The lowest BCUT2D eigenvalue weighted by atomic mass is 9.98. The van der Waals surface area contributed by atoms with Gasteiger partial charge in [-0.3, -0.25) is 4.79 Å². The second kappa shape index (κ2) is 10.3. The Balaban J connectivity index is 1.43. The van der Waals surface area contributed by atoms with Crippen molar-refractivity contribution in [3.05, 3.63) is 59.7 Å². The van der Waals surface area contributed by atoms with Crippen LogP contribution in [0.1, 0.15) is 17.0 Å². The molecule has 2 aliphatic rings. The number of fused-ring (bicyclic) bond motifs is 3. The molecule has 2 unspecified atom stereocenters. The highest BCUT2D eigenvalue weighted by molar-refractivity contribution is 7.99. The summed E-state index contributed by atoms with van der Waals surface area (Å²) in [5.74, 6) is -0.701. The molecule has 1 saturated heterocycles. The standard InChI is InChI=1S/C24H26N2O6S/c1-31-13-20(22(27)26-10-11-33-14-21(26)23(28)29)25-24(30)32-12-19-17-8-4-2-6-15(17)16-7-3-5-9-18(16)19/h2-9,19-21H,10-14H2,1H3,(H,25,30)(H,28,29). The van der Waals surface area contributed by atoms with E-state index in [0.717, 1.165) is 22.3 Å². The van der Waals surface area contributed by atoms with Crippen molar-refractivity contribution in [3.8, 4) is 11.1 Å². The molecule has 1 aliphatic heterocycles. The van der Waals surface area contributed by atoms with Gasteiger partial charge in [-0.2, -0.15) is 11.8 Å². The Morgan fingerprint density at radius 2 is 1.76 bits per heavy atom. The summed E-state index contributed by atoms with van der Waals surface area (Å²) in [7, 11) is 1.42. The summed E-state index contributed by atoms with van der Waals surface area (Å²) in [6.45, 7) is 0.331. The fourth-order valence-corrected chi connectivity index (χ4v) is 5.43. The number of aliphatic carboxylic acids is 1. The maximum absolute atomic E-state index is 13.0. The maximum atomic E-state index is 13.0. The number of hydrogen-bond donors (Lipinski definition) is 2. The fourth-order valence-electron chi connectivity index (χ4n) is 4.40. The van der Waals surface area contributed by atoms with E-state index in [4.69, 9.17) is 9.47 Å². The molecule has 0 bridgehead atoms. The molecule has 9 heteroatoms. The third-order valence-corrected chi connectivity index (χ3v) is 6.99. The van der Waals surface area contributed by atoms with Crippen LogP contribution in [0.2, 0.25) is 0 Å². The average molecular weight is 471 g/mol. The van der Waals surface area contributed by atoms with Crippen molar-refractivity contribution in [1.82, 2.24) is 10.2 Å². The van der Waals surface area contributed by atoms with Gasteiger partial charge in [0.15, 0.2) is 0 Å². The molecular formula is C24H26N2O6S. The van der Waals surface area contributed by atoms with Gasteiger partial charge < -0.3 is 24.8 Å². The van der Waals surface area contributed by atoms with E-state index in [1.807, 2.05) is 36.4 Å². The monoisotopic (exact) mass is 470 g/mol. The Morgan fingerprint density at radius 1 is 1.12 bits per heavy atom. The number of carbonyl (C=O) groups is 3. The van der Waals surface area contributed by atoms with Gasteiger partial charge >= 0.3 is 12.1 Å². The van der Waals surface area contributed by atoms with Crippen molar-refractivity contribution in [3.63, 3.8) is 0 Å². The summed E-state index contributed by atoms with van der Waals surface area (Å²) in [5.41, 5.74) is 4.42. The molecular weight excluding hydrogens is 444 g/mol. The van der Waals surface area contributed by atoms with Crippen LogP contribution in [0.5, 0.6) is 0 Å². The SMILES string of the molecule is COCC(NC(=O)OCC1c2ccccc2-c2ccccc21)C(=O)N1CCSCC1C(=O)O. The number of carbonyl (C=O) groups excluding carboxylic acids is 2. The molecule has 2 aromatic rings. The van der Waals surface area contributed by atoms with Gasteiger partial charge in [0, 0.05) is 31.1 Å². The first-order valence-electron chi connectivity index (χ1n) is 10.7. The molecule has 4 rings (SSSR count). The first-order valence-corrected chi connectivity index (χ1v) is 11.9. The topological polar surface area (TPSA) is 105 Å². The number of carboxylic acid groups (broad SMARTS) is 1. The van der Waals surface area contributed by atoms with E-state index < -0.39 is 30.1 Å². The van der Waals surface area contributed by atoms with Gasteiger partial charge in [0.1, 0.15) is 18.7 Å². The zero-order valence-corrected chi connectivity index (χ0v) is 19.0. The van der Waals surface area contributed by atoms with Gasteiger partial charge in [-0.15, -0.1) is 0 Å². The van der Waals surface area contributed by atoms with Crippen LogP contribution in [0.3, 0.4) is 0 Å². The lowest BCUT2D eigenvalue weighted by molar-refractivity contribution is -0.150. The minimum absolute atomic E-state index is 0.0843. The molecule has 2 aromatic carbocycles. The van der Waals surface area contributed by atoms with Crippen LogP contribution in [-0.2, 0) is 19.1 Å². The molecule has 2 N–H and O–H groups in total. The van der Waals surface area contributed by atoms with Gasteiger partial charge in [-0.25, -0.2) is 9.59 Å². The van der Waals surface area contributed by atoms with Gasteiger partial charge in [0.05, 0.1) is 6.61 Å². The Kier molecular flexibility index (Phi) is 7.20. The van der Waals surface area contributed by atoms with Gasteiger partial charge in [0.2, 0.25) is 5.91 Å². The number of nitrogens with zero attached hydrogens (tertiary/aromatic N) is 1. The summed E-state index contributed by atoms with van der Waals surface area (Å²) >= 11 is 1.48. The highest BCUT2D eigenvalue weighted by Crippen LogP contribution is 2.44. The van der Waals surface area contributed by atoms with E-state index in [2.05, 4.69) is 17.4 Å². The molecule has 2 atom stereocenters. The number of hydrogen-bond acceptors (Lipinski definition) is 6. The molecule has 0 radical (unpaired) electrons. The second-order valence-electron chi connectivity index (χ2n) is 7.94. The molecule has 1 fully saturated rings. The molecule has 2 amide bonds. The van der Waals surface area contributed by atoms with Crippen molar-refractivity contribution in [1.29, 1.82) is 0 Å². The number of ether oxygens (including phenoxy) is 2. The number of benzene rings is 2. The molecule has 174 valence electrons. The minimum atomic E-state index is -1.06. The summed E-state index contributed by atoms with van der Waals surface area (Å²) in [5, 5.41) is 12.0. The van der Waals surface area contributed by atoms with E-state index in [1.165, 1.54) is 23.8 Å². The van der Waals surface area contributed by atoms with E-state index in [9.17, 15) is 19.5 Å². The summed E-state index contributed by atoms with van der Waals surface area (Å²) < 4.78 is 10.6. The highest BCUT2D eigenvalue weighted by Gasteiger charge is 2.37. The Hall–Kier alpha value is -3.04. The number of thioether (sulfide) groups is 1. The maximum Gasteiger partial charge on any atom is 0.407 e. The Morgan fingerprint density at radius 3 is 2.36 bits per heavy atom. The predicted molar refractivity (Wildman–Crippen MR) is 124 cm³/mol. The second-order valence-corrected chi connectivity index (χ2v) is 9.09. The lowest BCUT2D eigenvalue weighted by Gasteiger charge is -2.35. The smallest absolute Gasteiger partial charge is 0.407 e. The molecule has 0 spiro atoms. The number of nitrogens with one attached hydrogen (secondary N) is 1. The molecule has 0 aromatic heterocycles. The molecule has 1 heterocycles. The number of amides is 2. The number of methoxy groups -OCH3 is 1. The largest absolute Gasteiger partial charge is 0.480 e. The summed E-state index contributed by atoms with van der Waals surface area (Å²) in [6.07, 6.45) is -0.745. The Bertz CT molecular complexity index is 1000. The van der Waals surface area contributed by atoms with Crippen molar-refractivity contribution in [2.75, 3.05) is 38.4 Å². The fraction of sp³-hybridized carbons (Fsp3) is 0.375. The van der Waals surface area contributed by atoms with Crippen LogP contribution < -0.4 is 5.32 Å². The van der Waals surface area contributed by atoms with Crippen LogP contribution in [0, 0.1) is 0 Å². The zero-order valence-electron chi connectivity index (χ0n) is 18.2. The number of carboxylic acids is 1. The van der Waals surface area contributed by atoms with Crippen LogP contribution >= 0.6 is 11.8 Å². The normalized spacial score (nSPS) is 18.2. The summed E-state index contributed by atoms with van der Waals surface area (Å²) in [4.78, 5) is 38.5. The first-order chi connectivity index (χ1) is 16.0. The minimum Gasteiger partial charge on any atom is -0.480 e. The molecule has 8 nitrogen and oxygen atoms in total. The van der Waals surface area contributed by atoms with E-state index in [-0.39, 0.29) is 19.1 Å². The van der Waals surface area contributed by atoms with Crippen LogP contribution in [0.4, 0.5) is 4.79 Å². The van der Waals surface area contributed by atoms with Crippen molar-refractivity contribution in [2.24, 2.45) is 0 Å².